The second kappa shape index (κ2) is 6.74. The fourth-order valence-corrected chi connectivity index (χ4v) is 4.24. The SMILES string of the molecule is CCOc1ccc(N=c2scc(-c3cc4ccccc4o3)n2C2CC2)cc1. The molecule has 0 N–H and O–H groups in total. The summed E-state index contributed by atoms with van der Waals surface area (Å²) in [6.07, 6.45) is 2.39. The first-order valence-electron chi connectivity index (χ1n) is 9.28. The van der Waals surface area contributed by atoms with Gasteiger partial charge >= 0.3 is 0 Å². The van der Waals surface area contributed by atoms with Gasteiger partial charge in [-0.2, -0.15) is 0 Å². The van der Waals surface area contributed by atoms with E-state index in [9.17, 15) is 0 Å². The second-order valence-electron chi connectivity index (χ2n) is 6.69. The van der Waals surface area contributed by atoms with Gasteiger partial charge in [0.15, 0.2) is 10.6 Å². The molecule has 2 aromatic heterocycles. The molecule has 0 radical (unpaired) electrons. The largest absolute Gasteiger partial charge is 0.494 e. The first-order chi connectivity index (χ1) is 13.3. The van der Waals surface area contributed by atoms with E-state index in [1.807, 2.05) is 49.4 Å². The Balaban J connectivity index is 1.58. The van der Waals surface area contributed by atoms with Crippen molar-refractivity contribution in [3.8, 4) is 17.2 Å². The Morgan fingerprint density at radius 1 is 1.15 bits per heavy atom. The summed E-state index contributed by atoms with van der Waals surface area (Å²) < 4.78 is 14.0. The van der Waals surface area contributed by atoms with Crippen molar-refractivity contribution in [1.82, 2.24) is 4.57 Å². The average Bonchev–Trinajstić information content (AvgIpc) is 3.29. The number of hydrogen-bond acceptors (Lipinski definition) is 4. The lowest BCUT2D eigenvalue weighted by molar-refractivity contribution is 0.340. The number of fused-ring (bicyclic) bond motifs is 1. The summed E-state index contributed by atoms with van der Waals surface area (Å²) in [5.74, 6) is 1.79. The third-order valence-corrected chi connectivity index (χ3v) is 5.54. The Hall–Kier alpha value is -2.79. The molecule has 0 amide bonds. The molecule has 1 aliphatic rings. The molecule has 0 atom stereocenters. The highest BCUT2D eigenvalue weighted by molar-refractivity contribution is 7.07. The van der Waals surface area contributed by atoms with Crippen LogP contribution in [-0.4, -0.2) is 11.2 Å². The summed E-state index contributed by atoms with van der Waals surface area (Å²) in [5.41, 5.74) is 2.97. The van der Waals surface area contributed by atoms with Crippen LogP contribution in [-0.2, 0) is 0 Å². The van der Waals surface area contributed by atoms with E-state index in [1.165, 1.54) is 12.8 Å². The van der Waals surface area contributed by atoms with Crippen molar-refractivity contribution in [2.75, 3.05) is 6.61 Å². The van der Waals surface area contributed by atoms with Crippen LogP contribution in [0.4, 0.5) is 5.69 Å². The number of aromatic nitrogens is 1. The molecule has 4 nitrogen and oxygen atoms in total. The molecule has 136 valence electrons. The van der Waals surface area contributed by atoms with Crippen molar-refractivity contribution in [3.05, 3.63) is 64.8 Å². The van der Waals surface area contributed by atoms with E-state index in [-0.39, 0.29) is 0 Å². The van der Waals surface area contributed by atoms with Gasteiger partial charge in [-0.05, 0) is 56.2 Å². The molecular weight excluding hydrogens is 356 g/mol. The fourth-order valence-electron chi connectivity index (χ4n) is 3.27. The lowest BCUT2D eigenvalue weighted by Crippen LogP contribution is -2.14. The molecule has 0 unspecified atom stereocenters. The van der Waals surface area contributed by atoms with Gasteiger partial charge < -0.3 is 13.7 Å². The van der Waals surface area contributed by atoms with E-state index in [4.69, 9.17) is 14.1 Å². The maximum Gasteiger partial charge on any atom is 0.190 e. The molecule has 1 fully saturated rings. The van der Waals surface area contributed by atoms with Crippen LogP contribution in [0.15, 0.2) is 69.4 Å². The molecule has 1 saturated carbocycles. The van der Waals surface area contributed by atoms with Gasteiger partial charge in [0.05, 0.1) is 18.0 Å². The number of hydrogen-bond donors (Lipinski definition) is 0. The summed E-state index contributed by atoms with van der Waals surface area (Å²) in [4.78, 5) is 5.90. The van der Waals surface area contributed by atoms with Crippen molar-refractivity contribution in [1.29, 1.82) is 0 Å². The minimum absolute atomic E-state index is 0.515. The van der Waals surface area contributed by atoms with Crippen LogP contribution >= 0.6 is 11.3 Å². The predicted molar refractivity (Wildman–Crippen MR) is 109 cm³/mol. The fraction of sp³-hybridized carbons (Fsp3) is 0.227. The zero-order chi connectivity index (χ0) is 18.2. The summed E-state index contributed by atoms with van der Waals surface area (Å²) in [7, 11) is 0. The zero-order valence-electron chi connectivity index (χ0n) is 15.1. The molecule has 0 aliphatic heterocycles. The van der Waals surface area contributed by atoms with Gasteiger partial charge in [-0.15, -0.1) is 11.3 Å². The summed E-state index contributed by atoms with van der Waals surface area (Å²) in [6, 6.07) is 18.7. The predicted octanol–water partition coefficient (Wildman–Crippen LogP) is 5.93. The number of ether oxygens (including phenoxy) is 1. The van der Waals surface area contributed by atoms with Crippen LogP contribution in [0.3, 0.4) is 0 Å². The molecule has 0 spiro atoms. The van der Waals surface area contributed by atoms with E-state index in [1.54, 1.807) is 11.3 Å². The van der Waals surface area contributed by atoms with Crippen molar-refractivity contribution >= 4 is 28.0 Å². The van der Waals surface area contributed by atoms with Crippen LogP contribution in [0, 0.1) is 0 Å². The number of rotatable bonds is 5. The lowest BCUT2D eigenvalue weighted by Gasteiger charge is -2.05. The Labute approximate surface area is 161 Å². The van der Waals surface area contributed by atoms with E-state index in [2.05, 4.69) is 22.1 Å². The minimum atomic E-state index is 0.515. The standard InChI is InChI=1S/C22H20N2O2S/c1-2-25-18-11-7-16(8-12-18)23-22-24(17-9-10-17)19(14-27-22)21-13-15-5-3-4-6-20(15)26-21/h3-8,11-14,17H,2,9-10H2,1H3. The monoisotopic (exact) mass is 376 g/mol. The maximum absolute atomic E-state index is 6.11. The van der Waals surface area contributed by atoms with Crippen LogP contribution in [0.2, 0.25) is 0 Å². The molecular formula is C22H20N2O2S. The number of para-hydroxylation sites is 1. The van der Waals surface area contributed by atoms with Gasteiger partial charge in [-0.1, -0.05) is 18.2 Å². The first-order valence-corrected chi connectivity index (χ1v) is 10.2. The van der Waals surface area contributed by atoms with Crippen LogP contribution in [0.1, 0.15) is 25.8 Å². The Bertz CT molecular complexity index is 1110. The molecule has 0 bridgehead atoms. The molecule has 5 heteroatoms. The van der Waals surface area contributed by atoms with E-state index < -0.39 is 0 Å². The molecule has 2 aromatic carbocycles. The minimum Gasteiger partial charge on any atom is -0.494 e. The lowest BCUT2D eigenvalue weighted by atomic mass is 10.2. The molecule has 1 aliphatic carbocycles. The maximum atomic E-state index is 6.11. The van der Waals surface area contributed by atoms with E-state index in [0.29, 0.717) is 12.6 Å². The van der Waals surface area contributed by atoms with Gasteiger partial charge in [0, 0.05) is 16.8 Å². The molecule has 5 rings (SSSR count). The van der Waals surface area contributed by atoms with Crippen molar-refractivity contribution in [3.63, 3.8) is 0 Å². The highest BCUT2D eigenvalue weighted by Gasteiger charge is 2.28. The third kappa shape index (κ3) is 3.19. The normalized spacial score (nSPS) is 14.8. The highest BCUT2D eigenvalue weighted by Crippen LogP contribution is 2.39. The highest BCUT2D eigenvalue weighted by atomic mass is 32.1. The van der Waals surface area contributed by atoms with Crippen molar-refractivity contribution < 1.29 is 9.15 Å². The van der Waals surface area contributed by atoms with Gasteiger partial charge in [-0.3, -0.25) is 0 Å². The van der Waals surface area contributed by atoms with Crippen LogP contribution < -0.4 is 9.54 Å². The molecule has 27 heavy (non-hydrogen) atoms. The van der Waals surface area contributed by atoms with E-state index >= 15 is 0 Å². The summed E-state index contributed by atoms with van der Waals surface area (Å²) in [6.45, 7) is 2.66. The summed E-state index contributed by atoms with van der Waals surface area (Å²) >= 11 is 1.66. The van der Waals surface area contributed by atoms with Crippen LogP contribution in [0.25, 0.3) is 22.4 Å². The van der Waals surface area contributed by atoms with Crippen molar-refractivity contribution in [2.24, 2.45) is 4.99 Å². The number of benzene rings is 2. The molecule has 2 heterocycles. The molecule has 0 saturated heterocycles. The van der Waals surface area contributed by atoms with Crippen molar-refractivity contribution in [2.45, 2.75) is 25.8 Å². The average molecular weight is 376 g/mol. The zero-order valence-corrected chi connectivity index (χ0v) is 15.9. The van der Waals surface area contributed by atoms with Gasteiger partial charge in [0.1, 0.15) is 11.3 Å². The van der Waals surface area contributed by atoms with Gasteiger partial charge in [0.2, 0.25) is 0 Å². The quantitative estimate of drug-likeness (QED) is 0.433. The second-order valence-corrected chi connectivity index (χ2v) is 7.53. The Morgan fingerprint density at radius 3 is 2.70 bits per heavy atom. The Kier molecular flexibility index (Phi) is 4.09. The van der Waals surface area contributed by atoms with Crippen LogP contribution in [0.5, 0.6) is 5.75 Å². The number of furan rings is 1. The Morgan fingerprint density at radius 2 is 1.96 bits per heavy atom. The third-order valence-electron chi connectivity index (χ3n) is 4.70. The topological polar surface area (TPSA) is 39.7 Å². The number of nitrogens with zero attached hydrogens (tertiary/aromatic N) is 2. The van der Waals surface area contributed by atoms with Gasteiger partial charge in [-0.25, -0.2) is 4.99 Å². The van der Waals surface area contributed by atoms with Gasteiger partial charge in [0.25, 0.3) is 0 Å². The smallest absolute Gasteiger partial charge is 0.190 e. The summed E-state index contributed by atoms with van der Waals surface area (Å²) in [5, 5.41) is 3.29. The first kappa shape index (κ1) is 16.4. The van der Waals surface area contributed by atoms with E-state index in [0.717, 1.165) is 38.7 Å². The number of thiazole rings is 1. The molecule has 4 aromatic rings.